The molecule has 0 fully saturated rings. The second kappa shape index (κ2) is 8.93. The lowest BCUT2D eigenvalue weighted by molar-refractivity contribution is 0.213. The summed E-state index contributed by atoms with van der Waals surface area (Å²) >= 11 is 0. The van der Waals surface area contributed by atoms with Gasteiger partial charge in [-0.3, -0.25) is 0 Å². The molecule has 1 heterocycles. The van der Waals surface area contributed by atoms with Crippen LogP contribution in [-0.4, -0.2) is 29.8 Å². The van der Waals surface area contributed by atoms with Crippen molar-refractivity contribution in [2.75, 3.05) is 13.6 Å². The normalized spacial score (nSPS) is 12.6. The number of rotatable bonds is 7. The first-order chi connectivity index (χ1) is 12.7. The van der Waals surface area contributed by atoms with Crippen LogP contribution in [0, 0.1) is 18.6 Å². The van der Waals surface area contributed by atoms with Crippen LogP contribution in [0.2, 0.25) is 0 Å². The fourth-order valence-electron chi connectivity index (χ4n) is 2.51. The molecule has 27 heavy (non-hydrogen) atoms. The first-order valence-electron chi connectivity index (χ1n) is 9.09. The summed E-state index contributed by atoms with van der Waals surface area (Å²) in [6, 6.07) is 5.35. The Morgan fingerprint density at radius 1 is 1.15 bits per heavy atom. The lowest BCUT2D eigenvalue weighted by Gasteiger charge is -2.20. The van der Waals surface area contributed by atoms with Crippen molar-refractivity contribution in [3.05, 3.63) is 52.7 Å². The van der Waals surface area contributed by atoms with Crippen LogP contribution >= 0.6 is 0 Å². The molecule has 0 spiro atoms. The van der Waals surface area contributed by atoms with E-state index in [4.69, 9.17) is 4.74 Å². The van der Waals surface area contributed by atoms with E-state index in [9.17, 15) is 8.78 Å². The molecule has 1 aromatic heterocycles. The van der Waals surface area contributed by atoms with Crippen LogP contribution in [0.15, 0.2) is 29.3 Å². The van der Waals surface area contributed by atoms with Gasteiger partial charge in [0.05, 0.1) is 17.7 Å². The van der Waals surface area contributed by atoms with Gasteiger partial charge in [0, 0.05) is 25.2 Å². The number of benzene rings is 1. The number of aliphatic imine (C=N–C) groups is 1. The van der Waals surface area contributed by atoms with E-state index in [-0.39, 0.29) is 5.92 Å². The standard InChI is InChI=1S/C21H27F2N3O/c1-7-26(6)12-24-20-11-19(13(2)3)21(25-14(20)4)27-15(5)16-8-17(22)10-18(23)9-16/h8-13,15H,7H2,1-6H3. The quantitative estimate of drug-likeness (QED) is 0.471. The first kappa shape index (κ1) is 20.8. The highest BCUT2D eigenvalue weighted by Gasteiger charge is 2.17. The molecule has 0 saturated carbocycles. The molecule has 1 atom stereocenters. The van der Waals surface area contributed by atoms with E-state index in [0.29, 0.717) is 11.4 Å². The van der Waals surface area contributed by atoms with Gasteiger partial charge in [0.2, 0.25) is 5.88 Å². The predicted octanol–water partition coefficient (Wildman–Crippen LogP) is 5.54. The third kappa shape index (κ3) is 5.49. The summed E-state index contributed by atoms with van der Waals surface area (Å²) < 4.78 is 33.0. The highest BCUT2D eigenvalue weighted by molar-refractivity contribution is 5.63. The molecule has 0 saturated heterocycles. The van der Waals surface area contributed by atoms with Crippen LogP contribution in [0.4, 0.5) is 14.5 Å². The van der Waals surface area contributed by atoms with Gasteiger partial charge in [-0.2, -0.15) is 0 Å². The topological polar surface area (TPSA) is 37.7 Å². The monoisotopic (exact) mass is 375 g/mol. The number of hydrogen-bond acceptors (Lipinski definition) is 3. The molecule has 6 heteroatoms. The zero-order valence-corrected chi connectivity index (χ0v) is 16.8. The Morgan fingerprint density at radius 3 is 2.33 bits per heavy atom. The lowest BCUT2D eigenvalue weighted by Crippen LogP contribution is -2.14. The third-order valence-electron chi connectivity index (χ3n) is 4.34. The van der Waals surface area contributed by atoms with Gasteiger partial charge in [-0.25, -0.2) is 18.8 Å². The SMILES string of the molecule is CCN(C)C=Nc1cc(C(C)C)c(OC(C)c2cc(F)cc(F)c2)nc1C. The van der Waals surface area contributed by atoms with E-state index in [2.05, 4.69) is 9.98 Å². The number of aryl methyl sites for hydroxylation is 1. The molecule has 4 nitrogen and oxygen atoms in total. The average molecular weight is 375 g/mol. The minimum absolute atomic E-state index is 0.155. The molecule has 0 radical (unpaired) electrons. The number of pyridine rings is 1. The summed E-state index contributed by atoms with van der Waals surface area (Å²) in [7, 11) is 1.95. The zero-order chi connectivity index (χ0) is 20.1. The van der Waals surface area contributed by atoms with E-state index in [1.54, 1.807) is 13.3 Å². The van der Waals surface area contributed by atoms with Crippen LogP contribution in [0.25, 0.3) is 0 Å². The molecule has 146 valence electrons. The number of hydrogen-bond donors (Lipinski definition) is 0. The Morgan fingerprint density at radius 2 is 1.78 bits per heavy atom. The number of ether oxygens (including phenoxy) is 1. The summed E-state index contributed by atoms with van der Waals surface area (Å²) in [5.74, 6) is -0.637. The van der Waals surface area contributed by atoms with Gasteiger partial charge in [-0.1, -0.05) is 13.8 Å². The maximum atomic E-state index is 13.5. The molecule has 2 rings (SSSR count). The molecule has 0 N–H and O–H groups in total. The van der Waals surface area contributed by atoms with Gasteiger partial charge < -0.3 is 9.64 Å². The van der Waals surface area contributed by atoms with Crippen LogP contribution in [0.3, 0.4) is 0 Å². The van der Waals surface area contributed by atoms with Gasteiger partial charge in [-0.15, -0.1) is 0 Å². The van der Waals surface area contributed by atoms with E-state index in [1.807, 2.05) is 45.7 Å². The number of halogens is 2. The van der Waals surface area contributed by atoms with Crippen molar-refractivity contribution >= 4 is 12.0 Å². The third-order valence-corrected chi connectivity index (χ3v) is 4.34. The van der Waals surface area contributed by atoms with E-state index < -0.39 is 17.7 Å². The average Bonchev–Trinajstić information content (AvgIpc) is 2.59. The Bertz CT molecular complexity index is 801. The van der Waals surface area contributed by atoms with Crippen molar-refractivity contribution in [2.45, 2.75) is 46.6 Å². The molecule has 1 unspecified atom stereocenters. The van der Waals surface area contributed by atoms with E-state index in [1.165, 1.54) is 12.1 Å². The minimum atomic E-state index is -0.626. The van der Waals surface area contributed by atoms with Crippen molar-refractivity contribution < 1.29 is 13.5 Å². The first-order valence-corrected chi connectivity index (χ1v) is 9.09. The molecule has 0 aliphatic heterocycles. The van der Waals surface area contributed by atoms with Gasteiger partial charge in [0.25, 0.3) is 0 Å². The molecule has 1 aromatic carbocycles. The Kier molecular flexibility index (Phi) is 6.88. The molecular weight excluding hydrogens is 348 g/mol. The maximum absolute atomic E-state index is 13.5. The lowest BCUT2D eigenvalue weighted by atomic mass is 10.0. The summed E-state index contributed by atoms with van der Waals surface area (Å²) in [6.07, 6.45) is 1.23. The highest BCUT2D eigenvalue weighted by atomic mass is 19.1. The summed E-state index contributed by atoms with van der Waals surface area (Å²) in [5.41, 5.74) is 2.83. The minimum Gasteiger partial charge on any atom is -0.470 e. The van der Waals surface area contributed by atoms with Crippen LogP contribution < -0.4 is 4.74 Å². The van der Waals surface area contributed by atoms with Crippen LogP contribution in [0.1, 0.15) is 56.5 Å². The second-order valence-corrected chi connectivity index (χ2v) is 6.92. The molecule has 2 aromatic rings. The largest absolute Gasteiger partial charge is 0.470 e. The van der Waals surface area contributed by atoms with Crippen LogP contribution in [0.5, 0.6) is 5.88 Å². The Balaban J connectivity index is 2.35. The Hall–Kier alpha value is -2.50. The van der Waals surface area contributed by atoms with Crippen molar-refractivity contribution in [1.29, 1.82) is 0 Å². The van der Waals surface area contributed by atoms with Gasteiger partial charge >= 0.3 is 0 Å². The predicted molar refractivity (Wildman–Crippen MR) is 105 cm³/mol. The summed E-state index contributed by atoms with van der Waals surface area (Å²) in [5, 5.41) is 0. The number of aromatic nitrogens is 1. The maximum Gasteiger partial charge on any atom is 0.217 e. The van der Waals surface area contributed by atoms with Gasteiger partial charge in [0.1, 0.15) is 17.7 Å². The molecule has 0 aliphatic carbocycles. The van der Waals surface area contributed by atoms with E-state index in [0.717, 1.165) is 29.6 Å². The highest BCUT2D eigenvalue weighted by Crippen LogP contribution is 2.33. The van der Waals surface area contributed by atoms with Gasteiger partial charge in [-0.05, 0) is 50.5 Å². The van der Waals surface area contributed by atoms with Crippen molar-refractivity contribution in [3.63, 3.8) is 0 Å². The Labute approximate surface area is 159 Å². The molecule has 0 amide bonds. The number of nitrogens with zero attached hydrogens (tertiary/aromatic N) is 3. The van der Waals surface area contributed by atoms with Gasteiger partial charge in [0.15, 0.2) is 0 Å². The van der Waals surface area contributed by atoms with E-state index >= 15 is 0 Å². The zero-order valence-electron chi connectivity index (χ0n) is 16.8. The smallest absolute Gasteiger partial charge is 0.217 e. The molecule has 0 bridgehead atoms. The summed E-state index contributed by atoms with van der Waals surface area (Å²) in [4.78, 5) is 11.0. The second-order valence-electron chi connectivity index (χ2n) is 6.92. The van der Waals surface area contributed by atoms with Crippen LogP contribution in [-0.2, 0) is 0 Å². The summed E-state index contributed by atoms with van der Waals surface area (Å²) in [6.45, 7) is 10.6. The molecular formula is C21H27F2N3O. The molecule has 0 aliphatic rings. The fourth-order valence-corrected chi connectivity index (χ4v) is 2.51. The fraction of sp³-hybridized carbons (Fsp3) is 0.429. The van der Waals surface area contributed by atoms with Crippen molar-refractivity contribution in [2.24, 2.45) is 4.99 Å². The van der Waals surface area contributed by atoms with Crippen molar-refractivity contribution in [1.82, 2.24) is 9.88 Å². The van der Waals surface area contributed by atoms with Crippen molar-refractivity contribution in [3.8, 4) is 5.88 Å².